The number of imidazole rings is 1. The molecule has 1 N–H and O–H groups in total. The van der Waals surface area contributed by atoms with Gasteiger partial charge in [-0.15, -0.1) is 11.3 Å². The van der Waals surface area contributed by atoms with Crippen LogP contribution in [0.3, 0.4) is 0 Å². The molecule has 0 atom stereocenters. The molecular formula is C12H8N2O2S. The van der Waals surface area contributed by atoms with Gasteiger partial charge in [-0.3, -0.25) is 4.40 Å². The highest BCUT2D eigenvalue weighted by Crippen LogP contribution is 2.25. The first-order valence-electron chi connectivity index (χ1n) is 5.01. The summed E-state index contributed by atoms with van der Waals surface area (Å²) >= 11 is 1.44. The number of nitrogens with zero attached hydrogens (tertiary/aromatic N) is 2. The third kappa shape index (κ3) is 1.60. The average molecular weight is 244 g/mol. The van der Waals surface area contributed by atoms with Gasteiger partial charge in [-0.25, -0.2) is 9.78 Å². The molecule has 84 valence electrons. The third-order valence-electron chi connectivity index (χ3n) is 2.50. The summed E-state index contributed by atoms with van der Waals surface area (Å²) in [6.45, 7) is 0. The monoisotopic (exact) mass is 244 g/mol. The standard InChI is InChI=1S/C12H8N2O2S/c15-11(16)9-6-14-10(7-17-12(14)13-9)8-4-2-1-3-5-8/h1-7H,(H,15,16). The van der Waals surface area contributed by atoms with E-state index in [1.807, 2.05) is 40.1 Å². The largest absolute Gasteiger partial charge is 0.476 e. The molecule has 0 spiro atoms. The van der Waals surface area contributed by atoms with Crippen LogP contribution in [0.25, 0.3) is 16.2 Å². The molecule has 0 aliphatic heterocycles. The number of carboxylic acid groups (broad SMARTS) is 1. The van der Waals surface area contributed by atoms with Crippen LogP contribution in [-0.4, -0.2) is 20.5 Å². The minimum Gasteiger partial charge on any atom is -0.476 e. The normalized spacial score (nSPS) is 10.8. The number of thiazole rings is 1. The van der Waals surface area contributed by atoms with E-state index in [1.165, 1.54) is 11.3 Å². The predicted octanol–water partition coefficient (Wildman–Crippen LogP) is 2.76. The van der Waals surface area contributed by atoms with Crippen molar-refractivity contribution in [2.24, 2.45) is 0 Å². The van der Waals surface area contributed by atoms with Gasteiger partial charge in [0.2, 0.25) is 0 Å². The highest BCUT2D eigenvalue weighted by molar-refractivity contribution is 7.15. The lowest BCUT2D eigenvalue weighted by atomic mass is 10.2. The minimum atomic E-state index is -1.00. The maximum absolute atomic E-state index is 10.8. The van der Waals surface area contributed by atoms with Gasteiger partial charge in [0.15, 0.2) is 10.7 Å². The molecule has 2 aromatic heterocycles. The van der Waals surface area contributed by atoms with Crippen molar-refractivity contribution in [1.82, 2.24) is 9.38 Å². The van der Waals surface area contributed by atoms with Gasteiger partial charge in [0.25, 0.3) is 0 Å². The molecule has 3 rings (SSSR count). The van der Waals surface area contributed by atoms with E-state index in [4.69, 9.17) is 5.11 Å². The Morgan fingerprint density at radius 3 is 2.76 bits per heavy atom. The van der Waals surface area contributed by atoms with E-state index in [9.17, 15) is 4.79 Å². The summed E-state index contributed by atoms with van der Waals surface area (Å²) in [5.74, 6) is -1.00. The van der Waals surface area contributed by atoms with Crippen LogP contribution in [-0.2, 0) is 0 Å². The highest BCUT2D eigenvalue weighted by atomic mass is 32.1. The molecule has 1 aromatic carbocycles. The van der Waals surface area contributed by atoms with E-state index in [-0.39, 0.29) is 5.69 Å². The Balaban J connectivity index is 2.21. The fourth-order valence-electron chi connectivity index (χ4n) is 1.70. The van der Waals surface area contributed by atoms with Crippen molar-refractivity contribution in [2.75, 3.05) is 0 Å². The summed E-state index contributed by atoms with van der Waals surface area (Å²) in [7, 11) is 0. The van der Waals surface area contributed by atoms with E-state index in [2.05, 4.69) is 4.98 Å². The van der Waals surface area contributed by atoms with Crippen molar-refractivity contribution < 1.29 is 9.90 Å². The molecule has 5 heteroatoms. The Morgan fingerprint density at radius 1 is 1.29 bits per heavy atom. The van der Waals surface area contributed by atoms with E-state index < -0.39 is 5.97 Å². The second-order valence-corrected chi connectivity index (χ2v) is 4.41. The van der Waals surface area contributed by atoms with Gasteiger partial charge in [-0.1, -0.05) is 30.3 Å². The molecule has 17 heavy (non-hydrogen) atoms. The zero-order valence-electron chi connectivity index (χ0n) is 8.70. The van der Waals surface area contributed by atoms with E-state index in [0.29, 0.717) is 4.96 Å². The van der Waals surface area contributed by atoms with Gasteiger partial charge in [0.1, 0.15) is 0 Å². The van der Waals surface area contributed by atoms with Crippen LogP contribution < -0.4 is 0 Å². The maximum atomic E-state index is 10.8. The fourth-order valence-corrected chi connectivity index (χ4v) is 2.59. The molecule has 4 nitrogen and oxygen atoms in total. The number of hydrogen-bond donors (Lipinski definition) is 1. The molecule has 0 saturated carbocycles. The number of carboxylic acids is 1. The second kappa shape index (κ2) is 3.71. The first-order chi connectivity index (χ1) is 8.25. The molecule has 0 saturated heterocycles. The fraction of sp³-hybridized carbons (Fsp3) is 0. The molecule has 0 fully saturated rings. The van der Waals surface area contributed by atoms with Crippen LogP contribution in [0.5, 0.6) is 0 Å². The van der Waals surface area contributed by atoms with Gasteiger partial charge in [0, 0.05) is 11.6 Å². The van der Waals surface area contributed by atoms with Crippen molar-refractivity contribution >= 4 is 22.3 Å². The number of benzene rings is 1. The van der Waals surface area contributed by atoms with E-state index >= 15 is 0 Å². The number of hydrogen-bond acceptors (Lipinski definition) is 3. The number of aromatic carboxylic acids is 1. The smallest absolute Gasteiger partial charge is 0.356 e. The van der Waals surface area contributed by atoms with Gasteiger partial charge in [-0.2, -0.15) is 0 Å². The lowest BCUT2D eigenvalue weighted by Crippen LogP contribution is -1.95. The molecule has 0 aliphatic rings. The van der Waals surface area contributed by atoms with Crippen LogP contribution in [0.15, 0.2) is 41.9 Å². The molecule has 0 unspecified atom stereocenters. The zero-order valence-corrected chi connectivity index (χ0v) is 9.52. The van der Waals surface area contributed by atoms with Crippen molar-refractivity contribution in [3.8, 4) is 11.3 Å². The Hall–Kier alpha value is -2.14. The van der Waals surface area contributed by atoms with Crippen molar-refractivity contribution in [2.45, 2.75) is 0 Å². The summed E-state index contributed by atoms with van der Waals surface area (Å²) in [6.07, 6.45) is 1.55. The molecule has 0 aliphatic carbocycles. The topological polar surface area (TPSA) is 54.6 Å². The Morgan fingerprint density at radius 2 is 2.06 bits per heavy atom. The Bertz CT molecular complexity index is 685. The summed E-state index contributed by atoms with van der Waals surface area (Å²) < 4.78 is 1.81. The van der Waals surface area contributed by atoms with Gasteiger partial charge in [-0.05, 0) is 5.56 Å². The van der Waals surface area contributed by atoms with Crippen LogP contribution in [0.4, 0.5) is 0 Å². The first-order valence-corrected chi connectivity index (χ1v) is 5.89. The van der Waals surface area contributed by atoms with Gasteiger partial charge >= 0.3 is 5.97 Å². The molecule has 2 heterocycles. The van der Waals surface area contributed by atoms with Crippen molar-refractivity contribution in [1.29, 1.82) is 0 Å². The molecule has 3 aromatic rings. The lowest BCUT2D eigenvalue weighted by molar-refractivity contribution is 0.0691. The van der Waals surface area contributed by atoms with Crippen molar-refractivity contribution in [3.05, 3.63) is 47.6 Å². The summed E-state index contributed by atoms with van der Waals surface area (Å²) in [4.78, 5) is 15.6. The summed E-state index contributed by atoms with van der Waals surface area (Å²) in [6, 6.07) is 9.83. The number of aromatic nitrogens is 2. The lowest BCUT2D eigenvalue weighted by Gasteiger charge is -1.97. The quantitative estimate of drug-likeness (QED) is 0.754. The average Bonchev–Trinajstić information content (AvgIpc) is 2.89. The first kappa shape index (κ1) is 10.0. The van der Waals surface area contributed by atoms with Crippen LogP contribution in [0, 0.1) is 0 Å². The minimum absolute atomic E-state index is 0.0778. The van der Waals surface area contributed by atoms with Crippen molar-refractivity contribution in [3.63, 3.8) is 0 Å². The Labute approximate surface area is 101 Å². The van der Waals surface area contributed by atoms with Gasteiger partial charge < -0.3 is 5.11 Å². The Kier molecular flexibility index (Phi) is 2.19. The number of rotatable bonds is 2. The van der Waals surface area contributed by atoms with E-state index in [0.717, 1.165) is 11.3 Å². The van der Waals surface area contributed by atoms with Crippen LogP contribution in [0.1, 0.15) is 10.5 Å². The third-order valence-corrected chi connectivity index (χ3v) is 3.34. The number of carbonyl (C=O) groups is 1. The predicted molar refractivity (Wildman–Crippen MR) is 65.5 cm³/mol. The van der Waals surface area contributed by atoms with E-state index in [1.54, 1.807) is 6.20 Å². The van der Waals surface area contributed by atoms with Crippen LogP contribution >= 0.6 is 11.3 Å². The second-order valence-electron chi connectivity index (χ2n) is 3.57. The molecular weight excluding hydrogens is 236 g/mol. The molecule has 0 bridgehead atoms. The summed E-state index contributed by atoms with van der Waals surface area (Å²) in [5, 5.41) is 10.9. The highest BCUT2D eigenvalue weighted by Gasteiger charge is 2.13. The summed E-state index contributed by atoms with van der Waals surface area (Å²) in [5.41, 5.74) is 2.09. The molecule has 0 amide bonds. The van der Waals surface area contributed by atoms with Crippen LogP contribution in [0.2, 0.25) is 0 Å². The van der Waals surface area contributed by atoms with Gasteiger partial charge in [0.05, 0.1) is 5.69 Å². The zero-order chi connectivity index (χ0) is 11.8. The maximum Gasteiger partial charge on any atom is 0.356 e. The molecule has 0 radical (unpaired) electrons. The SMILES string of the molecule is O=C(O)c1cn2c(-c3ccccc3)csc2n1. The number of fused-ring (bicyclic) bond motifs is 1.